The highest BCUT2D eigenvalue weighted by Crippen LogP contribution is 2.30. The minimum Gasteiger partial charge on any atom is -0.465 e. The molecule has 0 aliphatic rings. The molecule has 0 radical (unpaired) electrons. The third kappa shape index (κ3) is 4.83. The van der Waals surface area contributed by atoms with Gasteiger partial charge in [-0.05, 0) is 59.2 Å². The number of rotatable bonds is 7. The molecule has 3 aromatic carbocycles. The number of methoxy groups -OCH3 is 1. The minimum atomic E-state index is -0.482. The van der Waals surface area contributed by atoms with Gasteiger partial charge < -0.3 is 14.6 Å². The Morgan fingerprint density at radius 1 is 1.03 bits per heavy atom. The second-order valence-corrected chi connectivity index (χ2v) is 7.27. The molecule has 1 N–H and O–H groups in total. The Hall–Kier alpha value is -4.00. The molecule has 1 aromatic heterocycles. The molecule has 1 unspecified atom stereocenters. The average Bonchev–Trinajstić information content (AvgIpc) is 3.32. The van der Waals surface area contributed by atoms with Crippen molar-refractivity contribution in [1.82, 2.24) is 9.55 Å². The molecule has 162 valence electrons. The van der Waals surface area contributed by atoms with Crippen LogP contribution in [0.25, 0.3) is 11.1 Å². The van der Waals surface area contributed by atoms with Crippen molar-refractivity contribution in [3.8, 4) is 11.1 Å². The number of benzene rings is 3. The number of hydrogen-bond acceptors (Lipinski definition) is 4. The molecule has 4 aromatic rings. The van der Waals surface area contributed by atoms with E-state index in [0.29, 0.717) is 23.2 Å². The topological polar surface area (TPSA) is 56.1 Å². The molecule has 0 amide bonds. The molecule has 0 fully saturated rings. The number of esters is 1. The van der Waals surface area contributed by atoms with Gasteiger partial charge in [0.05, 0.1) is 25.0 Å². The van der Waals surface area contributed by atoms with Crippen molar-refractivity contribution in [3.63, 3.8) is 0 Å². The van der Waals surface area contributed by atoms with Crippen LogP contribution in [0, 0.1) is 11.6 Å². The molecule has 32 heavy (non-hydrogen) atoms. The zero-order valence-electron chi connectivity index (χ0n) is 17.3. The maximum absolute atomic E-state index is 13.5. The zero-order valence-corrected chi connectivity index (χ0v) is 17.3. The number of nitrogens with one attached hydrogen (secondary N) is 1. The summed E-state index contributed by atoms with van der Waals surface area (Å²) in [5.41, 5.74) is 3.30. The van der Waals surface area contributed by atoms with Crippen LogP contribution in [0.5, 0.6) is 0 Å². The number of carbonyl (C=O) groups excluding carboxylic acids is 1. The van der Waals surface area contributed by atoms with Gasteiger partial charge in [0.2, 0.25) is 0 Å². The zero-order chi connectivity index (χ0) is 22.5. The molecular formula is C25H21F2N3O2. The summed E-state index contributed by atoms with van der Waals surface area (Å²) in [6.45, 7) is 0.552. The number of anilines is 1. The highest BCUT2D eigenvalue weighted by Gasteiger charge is 2.17. The van der Waals surface area contributed by atoms with Gasteiger partial charge in [-0.3, -0.25) is 0 Å². The summed E-state index contributed by atoms with van der Waals surface area (Å²) in [4.78, 5) is 16.4. The van der Waals surface area contributed by atoms with E-state index in [0.717, 1.165) is 11.3 Å². The summed E-state index contributed by atoms with van der Waals surface area (Å²) in [7, 11) is 1.32. The fraction of sp³-hybridized carbons (Fsp3) is 0.120. The lowest BCUT2D eigenvalue weighted by Gasteiger charge is -2.22. The van der Waals surface area contributed by atoms with Gasteiger partial charge in [0, 0.05) is 24.6 Å². The third-order valence-electron chi connectivity index (χ3n) is 5.15. The van der Waals surface area contributed by atoms with Gasteiger partial charge in [-0.15, -0.1) is 0 Å². The van der Waals surface area contributed by atoms with E-state index in [2.05, 4.69) is 10.3 Å². The summed E-state index contributed by atoms with van der Waals surface area (Å²) in [5, 5.41) is 3.46. The van der Waals surface area contributed by atoms with E-state index in [1.165, 1.54) is 31.4 Å². The van der Waals surface area contributed by atoms with Crippen molar-refractivity contribution in [2.24, 2.45) is 0 Å². The van der Waals surface area contributed by atoms with Crippen molar-refractivity contribution in [2.45, 2.75) is 12.6 Å². The van der Waals surface area contributed by atoms with Crippen LogP contribution in [0.3, 0.4) is 0 Å². The third-order valence-corrected chi connectivity index (χ3v) is 5.15. The number of carbonyl (C=O) groups is 1. The second-order valence-electron chi connectivity index (χ2n) is 7.27. The largest absolute Gasteiger partial charge is 0.465 e. The SMILES string of the molecule is COC(=O)c1ccc(NC(Cn2ccnc2)c2ccc(F)cc2)cc1-c1ccc(F)cc1. The molecular weight excluding hydrogens is 412 g/mol. The number of nitrogens with zero attached hydrogens (tertiary/aromatic N) is 2. The normalized spacial score (nSPS) is 11.7. The highest BCUT2D eigenvalue weighted by molar-refractivity contribution is 5.98. The lowest BCUT2D eigenvalue weighted by Crippen LogP contribution is -2.17. The summed E-state index contributed by atoms with van der Waals surface area (Å²) in [6.07, 6.45) is 5.25. The summed E-state index contributed by atoms with van der Waals surface area (Å²) >= 11 is 0. The van der Waals surface area contributed by atoms with E-state index in [4.69, 9.17) is 4.74 Å². The summed E-state index contributed by atoms with van der Waals surface area (Å²) in [6, 6.07) is 17.3. The van der Waals surface area contributed by atoms with Crippen molar-refractivity contribution >= 4 is 11.7 Å². The lowest BCUT2D eigenvalue weighted by molar-refractivity contribution is 0.0601. The molecule has 0 bridgehead atoms. The van der Waals surface area contributed by atoms with Crippen molar-refractivity contribution < 1.29 is 18.3 Å². The van der Waals surface area contributed by atoms with Crippen molar-refractivity contribution in [3.05, 3.63) is 108 Å². The number of hydrogen-bond donors (Lipinski definition) is 1. The monoisotopic (exact) mass is 433 g/mol. The molecule has 0 saturated heterocycles. The molecule has 0 aliphatic carbocycles. The van der Waals surface area contributed by atoms with Crippen LogP contribution < -0.4 is 5.32 Å². The average molecular weight is 433 g/mol. The first-order chi connectivity index (χ1) is 15.5. The van der Waals surface area contributed by atoms with Crippen LogP contribution >= 0.6 is 0 Å². The van der Waals surface area contributed by atoms with E-state index in [9.17, 15) is 13.6 Å². The van der Waals surface area contributed by atoms with Gasteiger partial charge in [0.25, 0.3) is 0 Å². The number of aromatic nitrogens is 2. The Bertz CT molecular complexity index is 1190. The number of ether oxygens (including phenoxy) is 1. The van der Waals surface area contributed by atoms with Gasteiger partial charge in [0.15, 0.2) is 0 Å². The predicted octanol–water partition coefficient (Wildman–Crippen LogP) is 5.47. The predicted molar refractivity (Wildman–Crippen MR) is 118 cm³/mol. The van der Waals surface area contributed by atoms with E-state index in [1.807, 2.05) is 16.8 Å². The van der Waals surface area contributed by atoms with E-state index in [-0.39, 0.29) is 17.7 Å². The Kier molecular flexibility index (Phi) is 6.26. The molecule has 0 saturated carbocycles. The smallest absolute Gasteiger partial charge is 0.338 e. The molecule has 1 heterocycles. The van der Waals surface area contributed by atoms with Crippen molar-refractivity contribution in [1.29, 1.82) is 0 Å². The maximum Gasteiger partial charge on any atom is 0.338 e. The minimum absolute atomic E-state index is 0.199. The second kappa shape index (κ2) is 9.43. The fourth-order valence-electron chi connectivity index (χ4n) is 3.53. The van der Waals surface area contributed by atoms with Gasteiger partial charge in [-0.2, -0.15) is 0 Å². The van der Waals surface area contributed by atoms with Gasteiger partial charge >= 0.3 is 5.97 Å². The first kappa shape index (κ1) is 21.2. The van der Waals surface area contributed by atoms with Crippen LogP contribution in [0.15, 0.2) is 85.5 Å². The number of halogens is 2. The molecule has 1 atom stereocenters. The molecule has 7 heteroatoms. The molecule has 0 spiro atoms. The number of imidazole rings is 1. The van der Waals surface area contributed by atoms with Crippen LogP contribution in [0.2, 0.25) is 0 Å². The Labute approximate surface area is 184 Å². The van der Waals surface area contributed by atoms with Gasteiger partial charge in [0.1, 0.15) is 11.6 Å². The van der Waals surface area contributed by atoms with Crippen LogP contribution in [0.1, 0.15) is 22.0 Å². The molecule has 5 nitrogen and oxygen atoms in total. The Balaban J connectivity index is 1.71. The first-order valence-corrected chi connectivity index (χ1v) is 9.99. The summed E-state index contributed by atoms with van der Waals surface area (Å²) in [5.74, 6) is -1.15. The quantitative estimate of drug-likeness (QED) is 0.393. The first-order valence-electron chi connectivity index (χ1n) is 9.99. The maximum atomic E-state index is 13.5. The fourth-order valence-corrected chi connectivity index (χ4v) is 3.53. The Morgan fingerprint density at radius 2 is 1.72 bits per heavy atom. The van der Waals surface area contributed by atoms with Gasteiger partial charge in [-0.25, -0.2) is 18.6 Å². The molecule has 4 rings (SSSR count). The lowest BCUT2D eigenvalue weighted by atomic mass is 9.98. The standard InChI is InChI=1S/C25H21F2N3O2/c1-32-25(31)22-11-10-21(14-23(22)17-2-6-19(26)7-3-17)29-24(15-30-13-12-28-16-30)18-4-8-20(27)9-5-18/h2-14,16,24,29H,15H2,1H3. The van der Waals surface area contributed by atoms with E-state index < -0.39 is 5.97 Å². The Morgan fingerprint density at radius 3 is 2.34 bits per heavy atom. The van der Waals surface area contributed by atoms with Crippen LogP contribution in [-0.2, 0) is 11.3 Å². The van der Waals surface area contributed by atoms with Crippen molar-refractivity contribution in [2.75, 3.05) is 12.4 Å². The highest BCUT2D eigenvalue weighted by atomic mass is 19.1. The van der Waals surface area contributed by atoms with E-state index in [1.54, 1.807) is 48.9 Å². The summed E-state index contributed by atoms with van der Waals surface area (Å²) < 4.78 is 33.7. The van der Waals surface area contributed by atoms with Crippen LogP contribution in [0.4, 0.5) is 14.5 Å². The van der Waals surface area contributed by atoms with E-state index >= 15 is 0 Å². The molecule has 0 aliphatic heterocycles. The van der Waals surface area contributed by atoms with Gasteiger partial charge in [-0.1, -0.05) is 24.3 Å². The van der Waals surface area contributed by atoms with Crippen LogP contribution in [-0.4, -0.2) is 22.6 Å².